The normalized spacial score (nSPS) is 22.3. The number of hydrogen-bond donors (Lipinski definition) is 1. The average molecular weight is 316 g/mol. The third-order valence-electron chi connectivity index (χ3n) is 3.83. The number of piperidine rings is 1. The maximum absolute atomic E-state index is 11.4. The van der Waals surface area contributed by atoms with Crippen LogP contribution in [0.25, 0.3) is 0 Å². The summed E-state index contributed by atoms with van der Waals surface area (Å²) in [5, 5.41) is 9.55. The third-order valence-corrected chi connectivity index (χ3v) is 4.13. The van der Waals surface area contributed by atoms with Crippen molar-refractivity contribution in [1.29, 1.82) is 0 Å². The lowest BCUT2D eigenvalue weighted by Gasteiger charge is -2.37. The minimum absolute atomic E-state index is 0.0801. The van der Waals surface area contributed by atoms with Crippen LogP contribution >= 0.6 is 11.6 Å². The fraction of sp³-hybridized carbons (Fsp3) is 0.615. The minimum Gasteiger partial charge on any atom is -0.475 e. The molecule has 2 heterocycles. The predicted octanol–water partition coefficient (Wildman–Crippen LogP) is 1.22. The Morgan fingerprint density at radius 1 is 1.62 bits per heavy atom. The Hall–Kier alpha value is -1.60. The predicted molar refractivity (Wildman–Crippen MR) is 75.7 cm³/mol. The second kappa shape index (κ2) is 6.44. The number of hydrogen-bond acceptors (Lipinski definition) is 4. The fourth-order valence-electron chi connectivity index (χ4n) is 2.81. The zero-order valence-electron chi connectivity index (χ0n) is 12.0. The number of amides is 1. The highest BCUT2D eigenvalue weighted by Crippen LogP contribution is 2.30. The molecule has 0 aromatic carbocycles. The summed E-state index contributed by atoms with van der Waals surface area (Å²) in [6.45, 7) is 2.86. The molecule has 1 aromatic heterocycles. The monoisotopic (exact) mass is 315 g/mol. The molecule has 21 heavy (non-hydrogen) atoms. The Morgan fingerprint density at radius 3 is 2.86 bits per heavy atom. The van der Waals surface area contributed by atoms with Crippen molar-refractivity contribution in [3.63, 3.8) is 0 Å². The maximum Gasteiger partial charge on any atom is 0.372 e. The van der Waals surface area contributed by atoms with E-state index in [1.54, 1.807) is 16.6 Å². The van der Waals surface area contributed by atoms with E-state index in [2.05, 4.69) is 4.98 Å². The first-order valence-corrected chi connectivity index (χ1v) is 7.13. The van der Waals surface area contributed by atoms with Crippen LogP contribution < -0.4 is 0 Å². The molecule has 0 saturated carbocycles. The van der Waals surface area contributed by atoms with Crippen LogP contribution in [-0.2, 0) is 16.0 Å². The molecule has 1 saturated heterocycles. The number of imidazole rings is 1. The SMILES string of the molecule is CCc1c(Cl)nc(C(=O)O)n1[C@@H]1CCN(C=O)C[C@@H]1OC. The van der Waals surface area contributed by atoms with E-state index >= 15 is 0 Å². The van der Waals surface area contributed by atoms with E-state index in [0.717, 1.165) is 6.41 Å². The van der Waals surface area contributed by atoms with Crippen molar-refractivity contribution in [3.8, 4) is 0 Å². The smallest absolute Gasteiger partial charge is 0.372 e. The van der Waals surface area contributed by atoms with Gasteiger partial charge in [0.05, 0.1) is 17.8 Å². The molecule has 1 aliphatic heterocycles. The van der Waals surface area contributed by atoms with Gasteiger partial charge in [-0.15, -0.1) is 0 Å². The summed E-state index contributed by atoms with van der Waals surface area (Å²) < 4.78 is 7.10. The molecule has 1 N–H and O–H groups in total. The zero-order valence-corrected chi connectivity index (χ0v) is 12.7. The molecule has 1 aromatic rings. The molecule has 2 atom stereocenters. The van der Waals surface area contributed by atoms with Gasteiger partial charge in [-0.25, -0.2) is 9.78 Å². The summed E-state index contributed by atoms with van der Waals surface area (Å²) in [6.07, 6.45) is 1.65. The number of likely N-dealkylation sites (tertiary alicyclic amines) is 1. The first-order chi connectivity index (χ1) is 10.0. The number of carboxylic acid groups (broad SMARTS) is 1. The number of aromatic nitrogens is 2. The summed E-state index contributed by atoms with van der Waals surface area (Å²) in [6, 6.07) is -0.202. The number of methoxy groups -OCH3 is 1. The average Bonchev–Trinajstić information content (AvgIpc) is 2.83. The summed E-state index contributed by atoms with van der Waals surface area (Å²) >= 11 is 6.06. The van der Waals surface area contributed by atoms with Crippen molar-refractivity contribution in [1.82, 2.24) is 14.5 Å². The summed E-state index contributed by atoms with van der Waals surface area (Å²) in [7, 11) is 1.55. The summed E-state index contributed by atoms with van der Waals surface area (Å²) in [5.74, 6) is -1.20. The topological polar surface area (TPSA) is 84.7 Å². The number of carbonyl (C=O) groups is 2. The van der Waals surface area contributed by atoms with E-state index in [-0.39, 0.29) is 23.1 Å². The van der Waals surface area contributed by atoms with E-state index in [9.17, 15) is 14.7 Å². The van der Waals surface area contributed by atoms with Gasteiger partial charge in [0.2, 0.25) is 12.2 Å². The van der Waals surface area contributed by atoms with Crippen LogP contribution in [-0.4, -0.2) is 58.2 Å². The number of ether oxygens (including phenoxy) is 1. The standard InChI is InChI=1S/C13H18ClN3O4/c1-3-8-11(14)15-12(13(19)20)17(8)9-4-5-16(7-18)6-10(9)21-2/h7,9-10H,3-6H2,1-2H3,(H,19,20)/t9-,10+/m1/s1. The molecule has 116 valence electrons. The molecule has 1 fully saturated rings. The van der Waals surface area contributed by atoms with Crippen LogP contribution in [0.3, 0.4) is 0 Å². The van der Waals surface area contributed by atoms with Gasteiger partial charge in [-0.3, -0.25) is 4.79 Å². The van der Waals surface area contributed by atoms with Crippen molar-refractivity contribution >= 4 is 24.0 Å². The lowest BCUT2D eigenvalue weighted by molar-refractivity contribution is -0.122. The van der Waals surface area contributed by atoms with Gasteiger partial charge in [-0.05, 0) is 12.8 Å². The zero-order chi connectivity index (χ0) is 15.6. The third kappa shape index (κ3) is 2.89. The van der Waals surface area contributed by atoms with E-state index in [0.29, 0.717) is 31.6 Å². The summed E-state index contributed by atoms with van der Waals surface area (Å²) in [5.41, 5.74) is 0.681. The Kier molecular flexibility index (Phi) is 4.84. The fourth-order valence-corrected chi connectivity index (χ4v) is 3.12. The molecule has 0 aliphatic carbocycles. The van der Waals surface area contributed by atoms with Crippen molar-refractivity contribution in [3.05, 3.63) is 16.7 Å². The highest BCUT2D eigenvalue weighted by Gasteiger charge is 2.35. The van der Waals surface area contributed by atoms with E-state index < -0.39 is 5.97 Å². The number of rotatable bonds is 5. The Morgan fingerprint density at radius 2 is 2.33 bits per heavy atom. The molecule has 1 aliphatic rings. The minimum atomic E-state index is -1.12. The van der Waals surface area contributed by atoms with Gasteiger partial charge in [-0.1, -0.05) is 18.5 Å². The number of nitrogens with zero attached hydrogens (tertiary/aromatic N) is 3. The van der Waals surface area contributed by atoms with Gasteiger partial charge in [0.15, 0.2) is 5.15 Å². The van der Waals surface area contributed by atoms with Crippen LogP contribution in [0.15, 0.2) is 0 Å². The van der Waals surface area contributed by atoms with Crippen molar-refractivity contribution in [2.24, 2.45) is 0 Å². The highest BCUT2D eigenvalue weighted by molar-refractivity contribution is 6.30. The van der Waals surface area contributed by atoms with Gasteiger partial charge < -0.3 is 19.3 Å². The number of carbonyl (C=O) groups excluding carboxylic acids is 1. The van der Waals surface area contributed by atoms with Gasteiger partial charge in [0.1, 0.15) is 0 Å². The van der Waals surface area contributed by atoms with Crippen LogP contribution in [0.1, 0.15) is 35.7 Å². The molecule has 1 amide bonds. The maximum atomic E-state index is 11.4. The molecule has 8 heteroatoms. The first-order valence-electron chi connectivity index (χ1n) is 6.75. The van der Waals surface area contributed by atoms with Gasteiger partial charge in [0, 0.05) is 20.2 Å². The highest BCUT2D eigenvalue weighted by atomic mass is 35.5. The van der Waals surface area contributed by atoms with Gasteiger partial charge >= 0.3 is 5.97 Å². The summed E-state index contributed by atoms with van der Waals surface area (Å²) in [4.78, 5) is 27.9. The second-order valence-electron chi connectivity index (χ2n) is 4.93. The van der Waals surface area contributed by atoms with Crippen LogP contribution in [0, 0.1) is 0 Å². The first kappa shape index (κ1) is 15.8. The van der Waals surface area contributed by atoms with Gasteiger partial charge in [-0.2, -0.15) is 0 Å². The molecule has 0 bridgehead atoms. The molecule has 7 nitrogen and oxygen atoms in total. The van der Waals surface area contributed by atoms with Crippen LogP contribution in [0.5, 0.6) is 0 Å². The lowest BCUT2D eigenvalue weighted by Crippen LogP contribution is -2.45. The Balaban J connectivity index is 2.44. The van der Waals surface area contributed by atoms with E-state index in [1.807, 2.05) is 6.92 Å². The molecule has 0 spiro atoms. The van der Waals surface area contributed by atoms with Crippen molar-refractivity contribution < 1.29 is 19.4 Å². The molecular weight excluding hydrogens is 298 g/mol. The lowest BCUT2D eigenvalue weighted by atomic mass is 10.0. The van der Waals surface area contributed by atoms with Crippen molar-refractivity contribution in [2.45, 2.75) is 31.9 Å². The van der Waals surface area contributed by atoms with E-state index in [4.69, 9.17) is 16.3 Å². The Bertz CT molecular complexity index is 546. The largest absolute Gasteiger partial charge is 0.475 e. The molecule has 0 unspecified atom stereocenters. The molecule has 2 rings (SSSR count). The number of carboxylic acids is 1. The number of halogens is 1. The van der Waals surface area contributed by atoms with Gasteiger partial charge in [0.25, 0.3) is 0 Å². The molecule has 0 radical (unpaired) electrons. The number of aromatic carboxylic acids is 1. The van der Waals surface area contributed by atoms with Crippen LogP contribution in [0.2, 0.25) is 5.15 Å². The molecular formula is C13H18ClN3O4. The quantitative estimate of drug-likeness (QED) is 0.826. The Labute approximate surface area is 127 Å². The second-order valence-corrected chi connectivity index (χ2v) is 5.29. The van der Waals surface area contributed by atoms with Crippen LogP contribution in [0.4, 0.5) is 0 Å². The van der Waals surface area contributed by atoms with E-state index in [1.165, 1.54) is 0 Å². The van der Waals surface area contributed by atoms with Crippen molar-refractivity contribution in [2.75, 3.05) is 20.2 Å².